The number of aromatic nitrogens is 1. The molecule has 6 heteroatoms. The van der Waals surface area contributed by atoms with Gasteiger partial charge < -0.3 is 15.2 Å². The smallest absolute Gasteiger partial charge is 0.260 e. The maximum absolute atomic E-state index is 14.1. The van der Waals surface area contributed by atoms with Crippen molar-refractivity contribution in [3.63, 3.8) is 0 Å². The van der Waals surface area contributed by atoms with Crippen LogP contribution in [0.15, 0.2) is 72.1 Å². The lowest BCUT2D eigenvalue weighted by Gasteiger charge is -2.25. The number of primary amides is 1. The van der Waals surface area contributed by atoms with Crippen molar-refractivity contribution in [1.29, 1.82) is 0 Å². The van der Waals surface area contributed by atoms with Gasteiger partial charge in [-0.05, 0) is 91.6 Å². The first-order chi connectivity index (χ1) is 17.9. The molecule has 5 nitrogen and oxygen atoms in total. The average molecular weight is 512 g/mol. The second-order valence-corrected chi connectivity index (χ2v) is 10.9. The Morgan fingerprint density at radius 3 is 2.30 bits per heavy atom. The second kappa shape index (κ2) is 10.8. The Morgan fingerprint density at radius 1 is 0.973 bits per heavy atom. The summed E-state index contributed by atoms with van der Waals surface area (Å²) in [5, 5.41) is 3.14. The van der Waals surface area contributed by atoms with E-state index in [-0.39, 0.29) is 5.91 Å². The number of aryl methyl sites for hydroxylation is 1. The van der Waals surface area contributed by atoms with E-state index >= 15 is 0 Å². The van der Waals surface area contributed by atoms with E-state index in [9.17, 15) is 9.59 Å². The van der Waals surface area contributed by atoms with Crippen LogP contribution in [0.1, 0.15) is 81.3 Å². The normalized spacial score (nSPS) is 14.0. The van der Waals surface area contributed by atoms with Gasteiger partial charge in [-0.2, -0.15) is 0 Å². The minimum absolute atomic E-state index is 0.0414. The molecule has 0 saturated heterocycles. The quantitative estimate of drug-likeness (QED) is 0.286. The molecule has 1 aliphatic rings. The van der Waals surface area contributed by atoms with Crippen LogP contribution in [-0.2, 0) is 6.54 Å². The molecule has 2 N–H and O–H groups in total. The van der Waals surface area contributed by atoms with Crippen LogP contribution in [0.2, 0.25) is 0 Å². The van der Waals surface area contributed by atoms with Gasteiger partial charge in [-0.3, -0.25) is 9.59 Å². The number of hydrogen-bond acceptors (Lipinski definition) is 3. The van der Waals surface area contributed by atoms with Crippen molar-refractivity contribution in [2.45, 2.75) is 58.4 Å². The summed E-state index contributed by atoms with van der Waals surface area (Å²) in [6.45, 7) is 4.44. The summed E-state index contributed by atoms with van der Waals surface area (Å²) in [5.74, 6) is 0.108. The van der Waals surface area contributed by atoms with E-state index in [1.165, 1.54) is 37.7 Å². The Bertz CT molecular complexity index is 1380. The topological polar surface area (TPSA) is 68.3 Å². The monoisotopic (exact) mass is 511 g/mol. The van der Waals surface area contributed by atoms with Crippen molar-refractivity contribution in [2.75, 3.05) is 4.90 Å². The Labute approximate surface area is 222 Å². The van der Waals surface area contributed by atoms with Gasteiger partial charge in [0, 0.05) is 22.6 Å². The van der Waals surface area contributed by atoms with Gasteiger partial charge in [-0.25, -0.2) is 0 Å². The van der Waals surface area contributed by atoms with Crippen molar-refractivity contribution in [2.24, 2.45) is 5.73 Å². The van der Waals surface area contributed by atoms with Crippen LogP contribution in [0.4, 0.5) is 5.69 Å². The number of thiophene rings is 1. The van der Waals surface area contributed by atoms with Crippen molar-refractivity contribution in [1.82, 2.24) is 4.57 Å². The molecule has 0 unspecified atom stereocenters. The highest BCUT2D eigenvalue weighted by molar-refractivity contribution is 7.12. The van der Waals surface area contributed by atoms with Crippen LogP contribution in [-0.4, -0.2) is 16.4 Å². The summed E-state index contributed by atoms with van der Waals surface area (Å²) in [6.07, 6.45) is 6.39. The SMILES string of the molecule is Cc1cc(C(=O)N(Cc2ccc(C(N)=O)cc2)c2ccc(C3CCCCC3)cc2)c(C)n1-c1cccs1. The zero-order chi connectivity index (χ0) is 25.9. The van der Waals surface area contributed by atoms with E-state index in [0.717, 1.165) is 27.6 Å². The van der Waals surface area contributed by atoms with Crippen LogP contribution < -0.4 is 10.6 Å². The fourth-order valence-corrected chi connectivity index (χ4v) is 6.30. The van der Waals surface area contributed by atoms with Crippen molar-refractivity contribution in [3.05, 3.63) is 106 Å². The van der Waals surface area contributed by atoms with E-state index in [4.69, 9.17) is 5.73 Å². The number of carbonyl (C=O) groups is 2. The van der Waals surface area contributed by atoms with Gasteiger partial charge in [0.05, 0.1) is 17.1 Å². The van der Waals surface area contributed by atoms with Crippen molar-refractivity contribution >= 4 is 28.8 Å². The van der Waals surface area contributed by atoms with E-state index < -0.39 is 5.91 Å². The van der Waals surface area contributed by atoms with Gasteiger partial charge in [-0.1, -0.05) is 43.5 Å². The molecule has 0 spiro atoms. The standard InChI is InChI=1S/C31H33N3O2S/c1-21-19-28(22(2)34(21)29-9-6-18-37-29)31(36)33(20-23-10-12-26(13-11-23)30(32)35)27-16-14-25(15-17-27)24-7-4-3-5-8-24/h6,9-19,24H,3-5,7-8,20H2,1-2H3,(H2,32,35). The summed E-state index contributed by atoms with van der Waals surface area (Å²) in [4.78, 5) is 27.5. The first-order valence-electron chi connectivity index (χ1n) is 13.0. The molecule has 0 atom stereocenters. The molecule has 5 rings (SSSR count). The number of hydrogen-bond donors (Lipinski definition) is 1. The minimum atomic E-state index is -0.459. The molecule has 4 aromatic rings. The minimum Gasteiger partial charge on any atom is -0.366 e. The van der Waals surface area contributed by atoms with Crippen molar-refractivity contribution < 1.29 is 9.59 Å². The average Bonchev–Trinajstić information content (AvgIpc) is 3.55. The summed E-state index contributed by atoms with van der Waals surface area (Å²) >= 11 is 1.66. The Hall–Kier alpha value is -3.64. The number of amides is 2. The molecular weight excluding hydrogens is 478 g/mol. The molecule has 37 heavy (non-hydrogen) atoms. The molecule has 2 aromatic heterocycles. The van der Waals surface area contributed by atoms with Gasteiger partial charge in [0.15, 0.2) is 0 Å². The highest BCUT2D eigenvalue weighted by Crippen LogP contribution is 2.34. The largest absolute Gasteiger partial charge is 0.366 e. The van der Waals surface area contributed by atoms with E-state index in [1.54, 1.807) is 23.5 Å². The van der Waals surface area contributed by atoms with Crippen molar-refractivity contribution in [3.8, 4) is 5.00 Å². The molecule has 1 aliphatic carbocycles. The molecule has 2 aromatic carbocycles. The zero-order valence-electron chi connectivity index (χ0n) is 21.4. The first-order valence-corrected chi connectivity index (χ1v) is 13.8. The number of nitrogens with two attached hydrogens (primary N) is 1. The van der Waals surface area contributed by atoms with Crippen LogP contribution in [0.25, 0.3) is 5.00 Å². The van der Waals surface area contributed by atoms with E-state index in [1.807, 2.05) is 48.4 Å². The third kappa shape index (κ3) is 5.25. The highest BCUT2D eigenvalue weighted by atomic mass is 32.1. The van der Waals surface area contributed by atoms with Crippen LogP contribution in [0.5, 0.6) is 0 Å². The summed E-state index contributed by atoms with van der Waals surface area (Å²) in [6, 6.07) is 21.8. The number of rotatable bonds is 7. The number of anilines is 1. The van der Waals surface area contributed by atoms with Gasteiger partial charge in [0.25, 0.3) is 5.91 Å². The van der Waals surface area contributed by atoms with Crippen LogP contribution in [0, 0.1) is 13.8 Å². The molecule has 2 amide bonds. The van der Waals surface area contributed by atoms with Crippen LogP contribution in [0.3, 0.4) is 0 Å². The number of nitrogens with zero attached hydrogens (tertiary/aromatic N) is 2. The Morgan fingerprint density at radius 2 is 1.68 bits per heavy atom. The number of carbonyl (C=O) groups excluding carboxylic acids is 2. The Balaban J connectivity index is 1.49. The molecule has 0 bridgehead atoms. The molecule has 0 radical (unpaired) electrons. The molecular formula is C31H33N3O2S. The third-order valence-electron chi connectivity index (χ3n) is 7.49. The molecule has 2 heterocycles. The predicted molar refractivity (Wildman–Crippen MR) is 151 cm³/mol. The van der Waals surface area contributed by atoms with Gasteiger partial charge >= 0.3 is 0 Å². The molecule has 1 saturated carbocycles. The predicted octanol–water partition coefficient (Wildman–Crippen LogP) is 7.15. The highest BCUT2D eigenvalue weighted by Gasteiger charge is 2.24. The van der Waals surface area contributed by atoms with Gasteiger partial charge in [0.1, 0.15) is 0 Å². The fourth-order valence-electron chi connectivity index (χ4n) is 5.46. The lowest BCUT2D eigenvalue weighted by molar-refractivity contribution is 0.0980. The van der Waals surface area contributed by atoms with E-state index in [0.29, 0.717) is 23.6 Å². The maximum atomic E-state index is 14.1. The second-order valence-electron chi connectivity index (χ2n) is 9.95. The van der Waals surface area contributed by atoms with Crippen LogP contribution >= 0.6 is 11.3 Å². The Kier molecular flexibility index (Phi) is 7.28. The zero-order valence-corrected chi connectivity index (χ0v) is 22.3. The first kappa shape index (κ1) is 25.0. The summed E-state index contributed by atoms with van der Waals surface area (Å²) < 4.78 is 2.14. The van der Waals surface area contributed by atoms with Gasteiger partial charge in [-0.15, -0.1) is 11.3 Å². The van der Waals surface area contributed by atoms with Gasteiger partial charge in [0.2, 0.25) is 5.91 Å². The molecule has 0 aliphatic heterocycles. The number of benzene rings is 2. The lowest BCUT2D eigenvalue weighted by Crippen LogP contribution is -2.31. The molecule has 190 valence electrons. The lowest BCUT2D eigenvalue weighted by atomic mass is 9.84. The fraction of sp³-hybridized carbons (Fsp3) is 0.290. The maximum Gasteiger partial charge on any atom is 0.260 e. The molecule has 1 fully saturated rings. The van der Waals surface area contributed by atoms with E-state index in [2.05, 4.69) is 34.9 Å². The third-order valence-corrected chi connectivity index (χ3v) is 8.35. The summed E-state index contributed by atoms with van der Waals surface area (Å²) in [7, 11) is 0. The summed E-state index contributed by atoms with van der Waals surface area (Å²) in [5.41, 5.74) is 11.7.